The Morgan fingerprint density at radius 2 is 2.09 bits per heavy atom. The quantitative estimate of drug-likeness (QED) is 0.850. The van der Waals surface area contributed by atoms with Gasteiger partial charge in [-0.1, -0.05) is 6.42 Å². The van der Waals surface area contributed by atoms with Crippen LogP contribution in [0.4, 0.5) is 0 Å². The molecule has 0 bridgehead atoms. The molecule has 0 spiro atoms. The first kappa shape index (κ1) is 14.9. The second-order valence-corrected chi connectivity index (χ2v) is 6.05. The summed E-state index contributed by atoms with van der Waals surface area (Å²) in [6.07, 6.45) is 10.3. The van der Waals surface area contributed by atoms with Crippen molar-refractivity contribution < 1.29 is 9.59 Å². The van der Waals surface area contributed by atoms with Crippen molar-refractivity contribution in [1.82, 2.24) is 20.2 Å². The molecule has 2 atom stereocenters. The molecule has 1 saturated carbocycles. The molecule has 2 aliphatic rings. The van der Waals surface area contributed by atoms with Gasteiger partial charge in [-0.15, -0.1) is 0 Å². The summed E-state index contributed by atoms with van der Waals surface area (Å²) in [6.45, 7) is 1.45. The highest BCUT2D eigenvalue weighted by Gasteiger charge is 2.39. The Kier molecular flexibility index (Phi) is 4.65. The molecule has 1 aromatic heterocycles. The van der Waals surface area contributed by atoms with Gasteiger partial charge < -0.3 is 10.2 Å². The third kappa shape index (κ3) is 3.10. The number of carbonyl (C=O) groups excluding carboxylic acids is 2. The Hall–Kier alpha value is -1.98. The maximum atomic E-state index is 12.8. The van der Waals surface area contributed by atoms with Crippen molar-refractivity contribution >= 4 is 11.8 Å². The fraction of sp³-hybridized carbons (Fsp3) is 0.625. The van der Waals surface area contributed by atoms with Crippen LogP contribution in [0.1, 0.15) is 49.0 Å². The van der Waals surface area contributed by atoms with Crippen molar-refractivity contribution in [3.63, 3.8) is 0 Å². The highest BCUT2D eigenvalue weighted by molar-refractivity contribution is 5.93. The number of fused-ring (bicyclic) bond motifs is 1. The Morgan fingerprint density at radius 1 is 1.18 bits per heavy atom. The fourth-order valence-corrected chi connectivity index (χ4v) is 3.52. The van der Waals surface area contributed by atoms with E-state index in [9.17, 15) is 9.59 Å². The summed E-state index contributed by atoms with van der Waals surface area (Å²) in [5.74, 6) is -0.0848. The van der Waals surface area contributed by atoms with Gasteiger partial charge in [0.1, 0.15) is 5.69 Å². The van der Waals surface area contributed by atoms with Crippen LogP contribution in [0.5, 0.6) is 0 Å². The Bertz CT molecular complexity index is 534. The molecule has 1 aromatic rings. The summed E-state index contributed by atoms with van der Waals surface area (Å²) in [5.41, 5.74) is 0.366. The molecule has 1 aliphatic heterocycles. The van der Waals surface area contributed by atoms with Crippen molar-refractivity contribution in [1.29, 1.82) is 0 Å². The van der Waals surface area contributed by atoms with Crippen LogP contribution in [0.3, 0.4) is 0 Å². The molecule has 0 aromatic carbocycles. The van der Waals surface area contributed by atoms with Crippen LogP contribution in [0, 0.1) is 5.92 Å². The van der Waals surface area contributed by atoms with Crippen molar-refractivity contribution in [2.75, 3.05) is 13.1 Å². The molecule has 2 amide bonds. The Morgan fingerprint density at radius 3 is 2.91 bits per heavy atom. The molecule has 0 radical (unpaired) electrons. The van der Waals surface area contributed by atoms with E-state index in [0.29, 0.717) is 12.2 Å². The first-order valence-corrected chi connectivity index (χ1v) is 8.12. The number of aromatic nitrogens is 2. The molecule has 118 valence electrons. The molecule has 6 nitrogen and oxygen atoms in total. The van der Waals surface area contributed by atoms with E-state index in [4.69, 9.17) is 0 Å². The summed E-state index contributed by atoms with van der Waals surface area (Å²) >= 11 is 0. The summed E-state index contributed by atoms with van der Waals surface area (Å²) in [6, 6.07) is -0.00685. The molecule has 1 N–H and O–H groups in total. The van der Waals surface area contributed by atoms with Gasteiger partial charge in [-0.05, 0) is 32.1 Å². The summed E-state index contributed by atoms with van der Waals surface area (Å²) < 4.78 is 0. The van der Waals surface area contributed by atoms with Gasteiger partial charge in [0.2, 0.25) is 5.91 Å². The molecule has 3 rings (SSSR count). The van der Waals surface area contributed by atoms with Crippen LogP contribution in [-0.4, -0.2) is 45.8 Å². The zero-order chi connectivity index (χ0) is 15.4. The number of nitrogens with one attached hydrogen (secondary N) is 1. The zero-order valence-corrected chi connectivity index (χ0v) is 12.7. The summed E-state index contributed by atoms with van der Waals surface area (Å²) in [7, 11) is 0. The summed E-state index contributed by atoms with van der Waals surface area (Å²) in [5, 5.41) is 3.02. The maximum absolute atomic E-state index is 12.8. The van der Waals surface area contributed by atoms with Crippen LogP contribution < -0.4 is 5.32 Å². The first-order valence-electron chi connectivity index (χ1n) is 8.12. The minimum atomic E-state index is -0.0987. The van der Waals surface area contributed by atoms with Gasteiger partial charge in [-0.3, -0.25) is 14.6 Å². The van der Waals surface area contributed by atoms with Gasteiger partial charge in [0.25, 0.3) is 5.91 Å². The van der Waals surface area contributed by atoms with E-state index in [2.05, 4.69) is 15.3 Å². The Balaban J connectivity index is 1.85. The lowest BCUT2D eigenvalue weighted by atomic mass is 9.99. The minimum absolute atomic E-state index is 0.00685. The molecular weight excluding hydrogens is 280 g/mol. The predicted molar refractivity (Wildman–Crippen MR) is 81.1 cm³/mol. The lowest BCUT2D eigenvalue weighted by Gasteiger charge is -2.33. The van der Waals surface area contributed by atoms with Gasteiger partial charge in [0, 0.05) is 31.5 Å². The average Bonchev–Trinajstić information content (AvgIpc) is 3.03. The monoisotopic (exact) mass is 302 g/mol. The average molecular weight is 302 g/mol. The molecule has 6 heteroatoms. The number of amides is 2. The minimum Gasteiger partial charge on any atom is -0.356 e. The van der Waals surface area contributed by atoms with Gasteiger partial charge in [0.05, 0.1) is 12.1 Å². The number of rotatable bonds is 1. The van der Waals surface area contributed by atoms with Crippen LogP contribution in [-0.2, 0) is 4.79 Å². The van der Waals surface area contributed by atoms with Crippen molar-refractivity contribution in [2.45, 2.75) is 44.6 Å². The van der Waals surface area contributed by atoms with Gasteiger partial charge in [-0.25, -0.2) is 4.98 Å². The number of hydrogen-bond donors (Lipinski definition) is 1. The molecule has 22 heavy (non-hydrogen) atoms. The highest BCUT2D eigenvalue weighted by atomic mass is 16.2. The lowest BCUT2D eigenvalue weighted by Crippen LogP contribution is -2.48. The van der Waals surface area contributed by atoms with E-state index >= 15 is 0 Å². The SMILES string of the molecule is O=C1NCCCCCN(C(=O)c2cnccn2)[C@H]2CCC[C@@H]12. The smallest absolute Gasteiger partial charge is 0.274 e. The number of carbonyl (C=O) groups is 2. The van der Waals surface area contributed by atoms with Crippen molar-refractivity contribution in [2.24, 2.45) is 5.92 Å². The fourth-order valence-electron chi connectivity index (χ4n) is 3.52. The van der Waals surface area contributed by atoms with E-state index in [-0.39, 0.29) is 23.8 Å². The van der Waals surface area contributed by atoms with E-state index in [1.165, 1.54) is 12.4 Å². The lowest BCUT2D eigenvalue weighted by molar-refractivity contribution is -0.126. The van der Waals surface area contributed by atoms with E-state index in [1.807, 2.05) is 4.90 Å². The molecule has 2 fully saturated rings. The predicted octanol–water partition coefficient (Wildman–Crippen LogP) is 1.39. The molecule has 1 saturated heterocycles. The van der Waals surface area contributed by atoms with Crippen LogP contribution in [0.2, 0.25) is 0 Å². The maximum Gasteiger partial charge on any atom is 0.274 e. The third-order valence-corrected chi connectivity index (χ3v) is 4.63. The second kappa shape index (κ2) is 6.85. The first-order chi connectivity index (χ1) is 10.8. The van der Waals surface area contributed by atoms with Crippen LogP contribution in [0.15, 0.2) is 18.6 Å². The largest absolute Gasteiger partial charge is 0.356 e. The highest BCUT2D eigenvalue weighted by Crippen LogP contribution is 2.31. The van der Waals surface area contributed by atoms with E-state index < -0.39 is 0 Å². The zero-order valence-electron chi connectivity index (χ0n) is 12.7. The normalized spacial score (nSPS) is 26.2. The van der Waals surface area contributed by atoms with E-state index in [0.717, 1.165) is 45.1 Å². The van der Waals surface area contributed by atoms with E-state index in [1.54, 1.807) is 6.20 Å². The topological polar surface area (TPSA) is 75.2 Å². The van der Waals surface area contributed by atoms with Gasteiger partial charge in [-0.2, -0.15) is 0 Å². The van der Waals surface area contributed by atoms with Crippen LogP contribution >= 0.6 is 0 Å². The second-order valence-electron chi connectivity index (χ2n) is 6.05. The molecule has 0 unspecified atom stereocenters. The van der Waals surface area contributed by atoms with Crippen LogP contribution in [0.25, 0.3) is 0 Å². The standard InChI is InChI=1S/C16H22N4O2/c21-15-12-5-4-6-14(12)20(10-3-1-2-7-19-15)16(22)13-11-17-8-9-18-13/h8-9,11-12,14H,1-7,10H2,(H,19,21)/t12-,14+/m1/s1. The molecule has 1 aliphatic carbocycles. The van der Waals surface area contributed by atoms with Gasteiger partial charge >= 0.3 is 0 Å². The molecular formula is C16H22N4O2. The Labute approximate surface area is 130 Å². The van der Waals surface area contributed by atoms with Gasteiger partial charge in [0.15, 0.2) is 0 Å². The third-order valence-electron chi connectivity index (χ3n) is 4.63. The number of nitrogens with zero attached hydrogens (tertiary/aromatic N) is 3. The molecule has 2 heterocycles. The van der Waals surface area contributed by atoms with Crippen molar-refractivity contribution in [3.05, 3.63) is 24.3 Å². The van der Waals surface area contributed by atoms with Crippen molar-refractivity contribution in [3.8, 4) is 0 Å². The summed E-state index contributed by atoms with van der Waals surface area (Å²) in [4.78, 5) is 35.1. The number of hydrogen-bond acceptors (Lipinski definition) is 4.